The van der Waals surface area contributed by atoms with Gasteiger partial charge in [-0.05, 0) is 65.2 Å². The van der Waals surface area contributed by atoms with Crippen LogP contribution in [0, 0.1) is 13.8 Å². The van der Waals surface area contributed by atoms with Gasteiger partial charge in [-0.1, -0.05) is 29.3 Å². The van der Waals surface area contributed by atoms with Crippen LogP contribution in [0.5, 0.6) is 5.75 Å². The summed E-state index contributed by atoms with van der Waals surface area (Å²) in [5.74, 6) is 0.396. The number of carbonyl (C=O) groups is 1. The molecule has 0 heterocycles. The lowest BCUT2D eigenvalue weighted by atomic mass is 10.2. The van der Waals surface area contributed by atoms with E-state index in [1.807, 2.05) is 19.9 Å². The van der Waals surface area contributed by atoms with Gasteiger partial charge in [0.05, 0.1) is 4.47 Å². The predicted octanol–water partition coefficient (Wildman–Crippen LogP) is 5.98. The third kappa shape index (κ3) is 4.13. The first-order valence-corrected chi connectivity index (χ1v) is 7.62. The van der Waals surface area contributed by atoms with Crippen LogP contribution in [0.1, 0.15) is 11.1 Å². The first-order valence-electron chi connectivity index (χ1n) is 6.07. The van der Waals surface area contributed by atoms with Crippen LogP contribution in [0.3, 0.4) is 0 Å². The van der Waals surface area contributed by atoms with Crippen molar-refractivity contribution in [1.82, 2.24) is 0 Å². The number of aryl methyl sites for hydroxylation is 2. The highest BCUT2D eigenvalue weighted by molar-refractivity contribution is 9.10. The molecule has 2 rings (SSSR count). The van der Waals surface area contributed by atoms with Gasteiger partial charge in [0, 0.05) is 15.7 Å². The van der Waals surface area contributed by atoms with Crippen LogP contribution < -0.4 is 10.1 Å². The molecule has 2 aromatic carbocycles. The molecule has 3 nitrogen and oxygen atoms in total. The van der Waals surface area contributed by atoms with Gasteiger partial charge in [0.1, 0.15) is 5.75 Å². The number of amides is 1. The lowest BCUT2D eigenvalue weighted by Gasteiger charge is -2.10. The summed E-state index contributed by atoms with van der Waals surface area (Å²) in [5, 5.41) is 3.80. The standard InChI is InChI=1S/C15H12BrCl2NO2/c1-8-3-4-10(6-12(8)17)19-15(20)21-14-5-9(2)13(18)7-11(14)16/h3-7H,1-2H3,(H,19,20). The van der Waals surface area contributed by atoms with E-state index in [0.717, 1.165) is 11.1 Å². The molecule has 0 fully saturated rings. The van der Waals surface area contributed by atoms with Crippen molar-refractivity contribution in [3.05, 3.63) is 56.0 Å². The van der Waals surface area contributed by atoms with E-state index in [1.165, 1.54) is 0 Å². The van der Waals surface area contributed by atoms with Gasteiger partial charge in [-0.2, -0.15) is 0 Å². The zero-order chi connectivity index (χ0) is 15.6. The Hall–Kier alpha value is -1.23. The number of ether oxygens (including phenoxy) is 1. The first kappa shape index (κ1) is 16.1. The van der Waals surface area contributed by atoms with Crippen LogP contribution >= 0.6 is 39.1 Å². The minimum atomic E-state index is -0.600. The molecule has 0 spiro atoms. The topological polar surface area (TPSA) is 38.3 Å². The predicted molar refractivity (Wildman–Crippen MR) is 89.7 cm³/mol. The van der Waals surface area contributed by atoms with Crippen molar-refractivity contribution < 1.29 is 9.53 Å². The zero-order valence-electron chi connectivity index (χ0n) is 11.3. The van der Waals surface area contributed by atoms with E-state index in [2.05, 4.69) is 21.2 Å². The van der Waals surface area contributed by atoms with Gasteiger partial charge < -0.3 is 4.74 Å². The maximum atomic E-state index is 11.9. The fraction of sp³-hybridized carbons (Fsp3) is 0.133. The summed E-state index contributed by atoms with van der Waals surface area (Å²) < 4.78 is 5.86. The number of nitrogens with one attached hydrogen (secondary N) is 1. The van der Waals surface area contributed by atoms with Crippen molar-refractivity contribution in [1.29, 1.82) is 0 Å². The molecule has 0 unspecified atom stereocenters. The molecule has 2 aromatic rings. The Morgan fingerprint density at radius 1 is 1.10 bits per heavy atom. The van der Waals surface area contributed by atoms with Crippen LogP contribution in [0.25, 0.3) is 0 Å². The maximum absolute atomic E-state index is 11.9. The fourth-order valence-electron chi connectivity index (χ4n) is 1.62. The van der Waals surface area contributed by atoms with E-state index in [-0.39, 0.29) is 0 Å². The highest BCUT2D eigenvalue weighted by atomic mass is 79.9. The van der Waals surface area contributed by atoms with Gasteiger partial charge in [-0.15, -0.1) is 0 Å². The van der Waals surface area contributed by atoms with Gasteiger partial charge in [-0.25, -0.2) is 4.79 Å². The van der Waals surface area contributed by atoms with E-state index >= 15 is 0 Å². The van der Waals surface area contributed by atoms with Crippen LogP contribution in [-0.4, -0.2) is 6.09 Å². The summed E-state index contributed by atoms with van der Waals surface area (Å²) in [6.45, 7) is 3.72. The molecule has 0 aliphatic heterocycles. The molecule has 6 heteroatoms. The summed E-state index contributed by atoms with van der Waals surface area (Å²) in [4.78, 5) is 11.9. The van der Waals surface area contributed by atoms with Gasteiger partial charge >= 0.3 is 6.09 Å². The Morgan fingerprint density at radius 2 is 1.76 bits per heavy atom. The van der Waals surface area contributed by atoms with Crippen molar-refractivity contribution in [2.24, 2.45) is 0 Å². The molecule has 0 bridgehead atoms. The highest BCUT2D eigenvalue weighted by Crippen LogP contribution is 2.31. The number of hydrogen-bond acceptors (Lipinski definition) is 2. The molecular formula is C15H12BrCl2NO2. The number of carbonyl (C=O) groups excluding carboxylic acids is 1. The second-order valence-corrected chi connectivity index (χ2v) is 6.18. The Kier molecular flexibility index (Phi) is 5.14. The Bertz CT molecular complexity index is 704. The van der Waals surface area contributed by atoms with Crippen LogP contribution in [-0.2, 0) is 0 Å². The number of halogens is 3. The SMILES string of the molecule is Cc1ccc(NC(=O)Oc2cc(C)c(Cl)cc2Br)cc1Cl. The molecule has 21 heavy (non-hydrogen) atoms. The molecular weight excluding hydrogens is 377 g/mol. The second-order valence-electron chi connectivity index (χ2n) is 4.51. The smallest absolute Gasteiger partial charge is 0.409 e. The summed E-state index contributed by atoms with van der Waals surface area (Å²) in [7, 11) is 0. The van der Waals surface area contributed by atoms with E-state index < -0.39 is 6.09 Å². The first-order chi connectivity index (χ1) is 9.86. The molecule has 1 amide bonds. The molecule has 110 valence electrons. The summed E-state index contributed by atoms with van der Waals surface area (Å²) in [5.41, 5.74) is 2.32. The number of hydrogen-bond donors (Lipinski definition) is 1. The second kappa shape index (κ2) is 6.69. The molecule has 0 aromatic heterocycles. The van der Waals surface area contributed by atoms with Crippen molar-refractivity contribution in [3.8, 4) is 5.75 Å². The maximum Gasteiger partial charge on any atom is 0.417 e. The normalized spacial score (nSPS) is 10.3. The summed E-state index contributed by atoms with van der Waals surface area (Å²) in [6, 6.07) is 8.61. The quantitative estimate of drug-likeness (QED) is 0.686. The molecule has 0 aliphatic carbocycles. The molecule has 0 saturated heterocycles. The fourth-order valence-corrected chi connectivity index (χ4v) is 2.52. The van der Waals surface area contributed by atoms with Gasteiger partial charge in [0.15, 0.2) is 0 Å². The van der Waals surface area contributed by atoms with Crippen LogP contribution in [0.2, 0.25) is 10.0 Å². The Labute approximate surface area is 141 Å². The third-order valence-electron chi connectivity index (χ3n) is 2.83. The van der Waals surface area contributed by atoms with Crippen LogP contribution in [0.15, 0.2) is 34.8 Å². The van der Waals surface area contributed by atoms with E-state index in [9.17, 15) is 4.79 Å². The van der Waals surface area contributed by atoms with E-state index in [1.54, 1.807) is 24.3 Å². The number of benzene rings is 2. The monoisotopic (exact) mass is 387 g/mol. The van der Waals surface area contributed by atoms with Crippen molar-refractivity contribution in [3.63, 3.8) is 0 Å². The number of rotatable bonds is 2. The molecule has 0 atom stereocenters. The minimum Gasteiger partial charge on any atom is -0.409 e. The zero-order valence-corrected chi connectivity index (χ0v) is 14.4. The molecule has 0 radical (unpaired) electrons. The molecule has 0 aliphatic rings. The van der Waals surface area contributed by atoms with E-state index in [4.69, 9.17) is 27.9 Å². The average Bonchev–Trinajstić information content (AvgIpc) is 2.40. The van der Waals surface area contributed by atoms with E-state index in [0.29, 0.717) is 26.0 Å². The largest absolute Gasteiger partial charge is 0.417 e. The van der Waals surface area contributed by atoms with Crippen LogP contribution in [0.4, 0.5) is 10.5 Å². The van der Waals surface area contributed by atoms with Gasteiger partial charge in [-0.3, -0.25) is 5.32 Å². The Morgan fingerprint density at radius 3 is 2.43 bits per heavy atom. The molecule has 0 saturated carbocycles. The van der Waals surface area contributed by atoms with Crippen molar-refractivity contribution >= 4 is 50.9 Å². The van der Waals surface area contributed by atoms with Gasteiger partial charge in [0.2, 0.25) is 0 Å². The molecule has 1 N–H and O–H groups in total. The summed E-state index contributed by atoms with van der Waals surface area (Å²) >= 11 is 15.3. The number of anilines is 1. The van der Waals surface area contributed by atoms with Crippen molar-refractivity contribution in [2.75, 3.05) is 5.32 Å². The average molecular weight is 389 g/mol. The lowest BCUT2D eigenvalue weighted by Crippen LogP contribution is -2.17. The Balaban J connectivity index is 2.11. The van der Waals surface area contributed by atoms with Gasteiger partial charge in [0.25, 0.3) is 0 Å². The lowest BCUT2D eigenvalue weighted by molar-refractivity contribution is 0.215. The summed E-state index contributed by atoms with van der Waals surface area (Å²) in [6.07, 6.45) is -0.600. The highest BCUT2D eigenvalue weighted by Gasteiger charge is 2.11. The van der Waals surface area contributed by atoms with Crippen molar-refractivity contribution in [2.45, 2.75) is 13.8 Å². The third-order valence-corrected chi connectivity index (χ3v) is 4.27. The minimum absolute atomic E-state index is 0.396.